The normalized spacial score (nSPS) is 27.0. The average Bonchev–Trinajstić information content (AvgIpc) is 2.95. The van der Waals surface area contributed by atoms with Crippen LogP contribution in [-0.2, 0) is 4.74 Å². The van der Waals surface area contributed by atoms with Crippen LogP contribution in [-0.4, -0.2) is 75.3 Å². The molecule has 0 aromatic rings. The number of guanidine groups is 1. The molecular formula is C17H32N4O. The van der Waals surface area contributed by atoms with E-state index in [4.69, 9.17) is 4.74 Å². The van der Waals surface area contributed by atoms with Gasteiger partial charge in [0.25, 0.3) is 0 Å². The van der Waals surface area contributed by atoms with Gasteiger partial charge in [0, 0.05) is 46.3 Å². The highest BCUT2D eigenvalue weighted by molar-refractivity contribution is 5.80. The Labute approximate surface area is 135 Å². The number of nitrogens with one attached hydrogen (secondary N) is 1. The molecule has 1 saturated carbocycles. The number of morpholine rings is 1. The molecule has 2 aliphatic heterocycles. The standard InChI is InChI=1S/C17H32N4O/c1-15(13-20-8-10-22-11-9-20)12-19-16(18-2)21-7-6-17(14-21)4-3-5-17/h15H,3-14H2,1-2H3,(H,18,19). The highest BCUT2D eigenvalue weighted by atomic mass is 16.5. The Morgan fingerprint density at radius 3 is 2.59 bits per heavy atom. The zero-order valence-electron chi connectivity index (χ0n) is 14.3. The van der Waals surface area contributed by atoms with Crippen molar-refractivity contribution in [2.24, 2.45) is 16.3 Å². The second kappa shape index (κ2) is 7.18. The van der Waals surface area contributed by atoms with Gasteiger partial charge in [0.05, 0.1) is 13.2 Å². The summed E-state index contributed by atoms with van der Waals surface area (Å²) in [6.45, 7) is 10.8. The number of nitrogens with zero attached hydrogens (tertiary/aromatic N) is 3. The van der Waals surface area contributed by atoms with Crippen molar-refractivity contribution in [3.05, 3.63) is 0 Å². The molecule has 0 amide bonds. The molecule has 1 unspecified atom stereocenters. The highest BCUT2D eigenvalue weighted by Crippen LogP contribution is 2.47. The summed E-state index contributed by atoms with van der Waals surface area (Å²) in [5, 5.41) is 3.60. The van der Waals surface area contributed by atoms with E-state index in [1.54, 1.807) is 0 Å². The first-order valence-corrected chi connectivity index (χ1v) is 8.96. The fourth-order valence-corrected chi connectivity index (χ4v) is 4.09. The molecule has 5 heteroatoms. The molecule has 3 aliphatic rings. The number of aliphatic imine (C=N–C) groups is 1. The van der Waals surface area contributed by atoms with Crippen LogP contribution >= 0.6 is 0 Å². The molecule has 2 saturated heterocycles. The maximum Gasteiger partial charge on any atom is 0.193 e. The highest BCUT2D eigenvalue weighted by Gasteiger charge is 2.43. The zero-order valence-corrected chi connectivity index (χ0v) is 14.3. The summed E-state index contributed by atoms with van der Waals surface area (Å²) in [6, 6.07) is 0. The molecule has 2 heterocycles. The monoisotopic (exact) mass is 308 g/mol. The SMILES string of the molecule is CN=C(NCC(C)CN1CCOCC1)N1CCC2(CCC2)C1. The van der Waals surface area contributed by atoms with Crippen molar-refractivity contribution in [1.29, 1.82) is 0 Å². The topological polar surface area (TPSA) is 40.1 Å². The molecule has 0 bridgehead atoms. The van der Waals surface area contributed by atoms with Crippen molar-refractivity contribution in [3.8, 4) is 0 Å². The van der Waals surface area contributed by atoms with Crippen molar-refractivity contribution in [3.63, 3.8) is 0 Å². The molecule has 126 valence electrons. The van der Waals surface area contributed by atoms with E-state index < -0.39 is 0 Å². The lowest BCUT2D eigenvalue weighted by atomic mass is 9.68. The number of ether oxygens (including phenoxy) is 1. The molecule has 1 aliphatic carbocycles. The van der Waals surface area contributed by atoms with Gasteiger partial charge in [-0.15, -0.1) is 0 Å². The summed E-state index contributed by atoms with van der Waals surface area (Å²) < 4.78 is 5.42. The summed E-state index contributed by atoms with van der Waals surface area (Å²) in [5.74, 6) is 1.74. The molecule has 5 nitrogen and oxygen atoms in total. The predicted molar refractivity (Wildman–Crippen MR) is 90.3 cm³/mol. The van der Waals surface area contributed by atoms with Crippen LogP contribution in [0.15, 0.2) is 4.99 Å². The third-order valence-electron chi connectivity index (χ3n) is 5.65. The number of hydrogen-bond donors (Lipinski definition) is 1. The van der Waals surface area contributed by atoms with Gasteiger partial charge in [0.2, 0.25) is 0 Å². The Balaban J connectivity index is 1.41. The third kappa shape index (κ3) is 3.74. The quantitative estimate of drug-likeness (QED) is 0.630. The van der Waals surface area contributed by atoms with Gasteiger partial charge >= 0.3 is 0 Å². The minimum Gasteiger partial charge on any atom is -0.379 e. The Hall–Kier alpha value is -0.810. The first-order valence-electron chi connectivity index (χ1n) is 8.96. The van der Waals surface area contributed by atoms with Crippen LogP contribution < -0.4 is 5.32 Å². The molecule has 3 fully saturated rings. The van der Waals surface area contributed by atoms with Crippen LogP contribution in [0.25, 0.3) is 0 Å². The zero-order chi connectivity index (χ0) is 15.4. The summed E-state index contributed by atoms with van der Waals surface area (Å²) in [5.41, 5.74) is 0.636. The van der Waals surface area contributed by atoms with Gasteiger partial charge < -0.3 is 15.0 Å². The molecule has 0 aromatic heterocycles. The van der Waals surface area contributed by atoms with E-state index >= 15 is 0 Å². The Kier molecular flexibility index (Phi) is 5.24. The van der Waals surface area contributed by atoms with Gasteiger partial charge in [-0.3, -0.25) is 9.89 Å². The Morgan fingerprint density at radius 2 is 2.00 bits per heavy atom. The third-order valence-corrected chi connectivity index (χ3v) is 5.65. The van der Waals surface area contributed by atoms with E-state index in [9.17, 15) is 0 Å². The fraction of sp³-hybridized carbons (Fsp3) is 0.941. The lowest BCUT2D eigenvalue weighted by Gasteiger charge is -2.38. The minimum absolute atomic E-state index is 0.634. The second-order valence-corrected chi connectivity index (χ2v) is 7.47. The second-order valence-electron chi connectivity index (χ2n) is 7.47. The smallest absolute Gasteiger partial charge is 0.193 e. The van der Waals surface area contributed by atoms with E-state index in [0.717, 1.165) is 45.4 Å². The van der Waals surface area contributed by atoms with E-state index in [1.807, 2.05) is 7.05 Å². The first kappa shape index (κ1) is 16.1. The van der Waals surface area contributed by atoms with Crippen molar-refractivity contribution in [2.75, 3.05) is 59.5 Å². The molecule has 0 aromatic carbocycles. The molecule has 1 atom stereocenters. The van der Waals surface area contributed by atoms with Crippen LogP contribution in [0.2, 0.25) is 0 Å². The maximum atomic E-state index is 5.42. The first-order chi connectivity index (χ1) is 10.7. The van der Waals surface area contributed by atoms with E-state index in [2.05, 4.69) is 27.0 Å². The molecular weight excluding hydrogens is 276 g/mol. The lowest BCUT2D eigenvalue weighted by Crippen LogP contribution is -2.45. The van der Waals surface area contributed by atoms with Crippen molar-refractivity contribution < 1.29 is 4.74 Å². The fourth-order valence-electron chi connectivity index (χ4n) is 4.09. The van der Waals surface area contributed by atoms with Gasteiger partial charge in [-0.1, -0.05) is 13.3 Å². The molecule has 1 spiro atoms. The van der Waals surface area contributed by atoms with Crippen LogP contribution in [0.3, 0.4) is 0 Å². The van der Waals surface area contributed by atoms with Gasteiger partial charge in [-0.2, -0.15) is 0 Å². The molecule has 3 rings (SSSR count). The number of hydrogen-bond acceptors (Lipinski definition) is 3. The van der Waals surface area contributed by atoms with Crippen LogP contribution in [0, 0.1) is 11.3 Å². The van der Waals surface area contributed by atoms with Crippen LogP contribution in [0.1, 0.15) is 32.6 Å². The minimum atomic E-state index is 0.634. The van der Waals surface area contributed by atoms with Crippen LogP contribution in [0.4, 0.5) is 0 Å². The average molecular weight is 308 g/mol. The Morgan fingerprint density at radius 1 is 1.23 bits per heavy atom. The molecule has 22 heavy (non-hydrogen) atoms. The lowest BCUT2D eigenvalue weighted by molar-refractivity contribution is 0.0320. The molecule has 0 radical (unpaired) electrons. The number of rotatable bonds is 4. The van der Waals surface area contributed by atoms with Gasteiger partial charge in [-0.25, -0.2) is 0 Å². The van der Waals surface area contributed by atoms with Gasteiger partial charge in [0.1, 0.15) is 0 Å². The van der Waals surface area contributed by atoms with Crippen LogP contribution in [0.5, 0.6) is 0 Å². The van der Waals surface area contributed by atoms with E-state index in [1.165, 1.54) is 38.8 Å². The Bertz CT molecular complexity index is 388. The van der Waals surface area contributed by atoms with Crippen molar-refractivity contribution in [1.82, 2.24) is 15.1 Å². The van der Waals surface area contributed by atoms with Crippen molar-refractivity contribution >= 4 is 5.96 Å². The summed E-state index contributed by atoms with van der Waals surface area (Å²) in [4.78, 5) is 9.50. The summed E-state index contributed by atoms with van der Waals surface area (Å²) in [7, 11) is 1.92. The summed E-state index contributed by atoms with van der Waals surface area (Å²) in [6.07, 6.45) is 5.63. The van der Waals surface area contributed by atoms with Gasteiger partial charge in [0.15, 0.2) is 5.96 Å². The van der Waals surface area contributed by atoms with Gasteiger partial charge in [-0.05, 0) is 30.6 Å². The summed E-state index contributed by atoms with van der Waals surface area (Å²) >= 11 is 0. The largest absolute Gasteiger partial charge is 0.379 e. The predicted octanol–water partition coefficient (Wildman–Crippen LogP) is 1.41. The molecule has 1 N–H and O–H groups in total. The maximum absolute atomic E-state index is 5.42. The van der Waals surface area contributed by atoms with E-state index in [-0.39, 0.29) is 0 Å². The number of likely N-dealkylation sites (tertiary alicyclic amines) is 1. The van der Waals surface area contributed by atoms with E-state index in [0.29, 0.717) is 11.3 Å². The van der Waals surface area contributed by atoms with Crippen molar-refractivity contribution in [2.45, 2.75) is 32.6 Å².